The molecule has 2 unspecified atom stereocenters. The van der Waals surface area contributed by atoms with Gasteiger partial charge in [0.25, 0.3) is 0 Å². The van der Waals surface area contributed by atoms with Gasteiger partial charge in [0.1, 0.15) is 6.10 Å². The first-order chi connectivity index (χ1) is 15.1. The molecule has 2 aromatic rings. The van der Waals surface area contributed by atoms with Crippen molar-refractivity contribution in [3.63, 3.8) is 0 Å². The highest BCUT2D eigenvalue weighted by Gasteiger charge is 2.29. The Labute approximate surface area is 181 Å². The van der Waals surface area contributed by atoms with Crippen LogP contribution in [0.5, 0.6) is 0 Å². The molecular weight excluding hydrogens is 390 g/mol. The Morgan fingerprint density at radius 1 is 1.00 bits per heavy atom. The van der Waals surface area contributed by atoms with Gasteiger partial charge in [0.05, 0.1) is 5.92 Å². The minimum absolute atomic E-state index is 0.154. The molecule has 5 nitrogen and oxygen atoms in total. The van der Waals surface area contributed by atoms with Gasteiger partial charge >= 0.3 is 5.97 Å². The second kappa shape index (κ2) is 9.67. The van der Waals surface area contributed by atoms with E-state index in [1.807, 2.05) is 60.7 Å². The van der Waals surface area contributed by atoms with Gasteiger partial charge in [-0.3, -0.25) is 14.4 Å². The summed E-state index contributed by atoms with van der Waals surface area (Å²) in [6.45, 7) is 1.43. The van der Waals surface area contributed by atoms with E-state index in [0.29, 0.717) is 30.5 Å². The number of nitrogens with one attached hydrogen (secondary N) is 1. The highest BCUT2D eigenvalue weighted by molar-refractivity contribution is 6.48. The number of esters is 1. The first-order valence-electron chi connectivity index (χ1n) is 10.6. The summed E-state index contributed by atoms with van der Waals surface area (Å²) in [4.78, 5) is 37.5. The number of rotatable bonds is 7. The van der Waals surface area contributed by atoms with Crippen LogP contribution in [0.15, 0.2) is 84.0 Å². The monoisotopic (exact) mass is 415 g/mol. The SMILES string of the molecule is O=C1C=C(CC(OC(=O)C2CCNC2)c2ccccc2)C=C(Cc2ccccc2)C1=O. The van der Waals surface area contributed by atoms with Crippen LogP contribution in [0, 0.1) is 5.92 Å². The maximum atomic E-state index is 12.7. The molecule has 2 atom stereocenters. The van der Waals surface area contributed by atoms with Crippen molar-refractivity contribution >= 4 is 17.5 Å². The Hall–Kier alpha value is -3.31. The molecule has 0 saturated carbocycles. The summed E-state index contributed by atoms with van der Waals surface area (Å²) in [5.74, 6) is -1.38. The van der Waals surface area contributed by atoms with Gasteiger partial charge in [0.15, 0.2) is 0 Å². The number of benzene rings is 2. The van der Waals surface area contributed by atoms with Crippen molar-refractivity contribution in [2.75, 3.05) is 13.1 Å². The topological polar surface area (TPSA) is 72.5 Å². The van der Waals surface area contributed by atoms with Crippen LogP contribution >= 0.6 is 0 Å². The molecule has 0 bridgehead atoms. The molecule has 0 amide bonds. The molecule has 0 aromatic heterocycles. The number of ketones is 2. The van der Waals surface area contributed by atoms with Gasteiger partial charge < -0.3 is 10.1 Å². The molecule has 1 saturated heterocycles. The van der Waals surface area contributed by atoms with Crippen LogP contribution in [0.25, 0.3) is 0 Å². The zero-order chi connectivity index (χ0) is 21.6. The summed E-state index contributed by atoms with van der Waals surface area (Å²) in [7, 11) is 0. The number of carbonyl (C=O) groups excluding carboxylic acids is 3. The Balaban J connectivity index is 1.56. The fraction of sp³-hybridized carbons (Fsp3) is 0.269. The largest absolute Gasteiger partial charge is 0.457 e. The lowest BCUT2D eigenvalue weighted by atomic mass is 9.89. The molecule has 2 aromatic carbocycles. The van der Waals surface area contributed by atoms with Crippen LogP contribution in [0.1, 0.15) is 30.1 Å². The first kappa shape index (κ1) is 20.9. The summed E-state index contributed by atoms with van der Waals surface area (Å²) in [5, 5.41) is 3.18. The molecule has 2 aliphatic rings. The lowest BCUT2D eigenvalue weighted by molar-refractivity contribution is -0.153. The van der Waals surface area contributed by atoms with Crippen LogP contribution in [-0.4, -0.2) is 30.6 Å². The molecule has 0 radical (unpaired) electrons. The smallest absolute Gasteiger partial charge is 0.310 e. The molecular formula is C26H25NO4. The van der Waals surface area contributed by atoms with Crippen molar-refractivity contribution < 1.29 is 19.1 Å². The van der Waals surface area contributed by atoms with Gasteiger partial charge in [-0.25, -0.2) is 0 Å². The summed E-state index contributed by atoms with van der Waals surface area (Å²) >= 11 is 0. The number of allylic oxidation sites excluding steroid dienone is 3. The van der Waals surface area contributed by atoms with Crippen LogP contribution in [0.3, 0.4) is 0 Å². The van der Waals surface area contributed by atoms with Gasteiger partial charge in [0.2, 0.25) is 11.6 Å². The van der Waals surface area contributed by atoms with E-state index in [1.165, 1.54) is 6.08 Å². The van der Waals surface area contributed by atoms with E-state index >= 15 is 0 Å². The minimum atomic E-state index is -0.526. The zero-order valence-corrected chi connectivity index (χ0v) is 17.3. The number of Topliss-reactive ketones (excluding diaryl/α,β-unsaturated/α-hetero) is 1. The van der Waals surface area contributed by atoms with Crippen LogP contribution in [-0.2, 0) is 25.5 Å². The van der Waals surface area contributed by atoms with E-state index in [0.717, 1.165) is 24.1 Å². The maximum absolute atomic E-state index is 12.7. The van der Waals surface area contributed by atoms with Gasteiger partial charge in [-0.05, 0) is 35.7 Å². The van der Waals surface area contributed by atoms with Crippen molar-refractivity contribution in [1.29, 1.82) is 0 Å². The van der Waals surface area contributed by atoms with E-state index in [1.54, 1.807) is 6.08 Å². The van der Waals surface area contributed by atoms with E-state index < -0.39 is 17.7 Å². The molecule has 0 spiro atoms. The molecule has 4 rings (SSSR count). The highest BCUT2D eigenvalue weighted by Crippen LogP contribution is 2.30. The van der Waals surface area contributed by atoms with E-state index in [9.17, 15) is 14.4 Å². The van der Waals surface area contributed by atoms with Crippen molar-refractivity contribution in [2.45, 2.75) is 25.4 Å². The van der Waals surface area contributed by atoms with Crippen LogP contribution in [0.4, 0.5) is 0 Å². The summed E-state index contributed by atoms with van der Waals surface area (Å²) < 4.78 is 5.89. The minimum Gasteiger partial charge on any atom is -0.457 e. The third kappa shape index (κ3) is 5.25. The molecule has 5 heteroatoms. The third-order valence-corrected chi connectivity index (χ3v) is 5.67. The van der Waals surface area contributed by atoms with Gasteiger partial charge in [0, 0.05) is 25.0 Å². The highest BCUT2D eigenvalue weighted by atomic mass is 16.5. The second-order valence-electron chi connectivity index (χ2n) is 7.97. The molecule has 158 valence electrons. The number of carbonyl (C=O) groups is 3. The Bertz CT molecular complexity index is 1020. The normalized spacial score (nSPS) is 19.5. The Morgan fingerprint density at radius 3 is 2.39 bits per heavy atom. The Kier molecular flexibility index (Phi) is 6.53. The quantitative estimate of drug-likeness (QED) is 0.426. The molecule has 1 fully saturated rings. The number of ether oxygens (including phenoxy) is 1. The van der Waals surface area contributed by atoms with Crippen molar-refractivity contribution in [2.24, 2.45) is 5.92 Å². The lowest BCUT2D eigenvalue weighted by Gasteiger charge is -2.22. The number of hydrogen-bond donors (Lipinski definition) is 1. The van der Waals surface area contributed by atoms with Gasteiger partial charge in [-0.2, -0.15) is 0 Å². The van der Waals surface area contributed by atoms with Gasteiger partial charge in [-0.15, -0.1) is 0 Å². The average Bonchev–Trinajstić information content (AvgIpc) is 3.33. The predicted molar refractivity (Wildman–Crippen MR) is 117 cm³/mol. The molecule has 1 heterocycles. The molecule has 1 aliphatic carbocycles. The second-order valence-corrected chi connectivity index (χ2v) is 7.97. The zero-order valence-electron chi connectivity index (χ0n) is 17.3. The summed E-state index contributed by atoms with van der Waals surface area (Å²) in [6, 6.07) is 19.1. The number of hydrogen-bond acceptors (Lipinski definition) is 5. The van der Waals surface area contributed by atoms with Crippen molar-refractivity contribution in [3.05, 3.63) is 95.1 Å². The average molecular weight is 415 g/mol. The molecule has 1 N–H and O–H groups in total. The predicted octanol–water partition coefficient (Wildman–Crippen LogP) is 3.52. The van der Waals surface area contributed by atoms with E-state index in [4.69, 9.17) is 4.74 Å². The first-order valence-corrected chi connectivity index (χ1v) is 10.6. The summed E-state index contributed by atoms with van der Waals surface area (Å²) in [5.41, 5.74) is 2.99. The maximum Gasteiger partial charge on any atom is 0.310 e. The Morgan fingerprint density at radius 2 is 1.71 bits per heavy atom. The van der Waals surface area contributed by atoms with E-state index in [-0.39, 0.29) is 11.9 Å². The van der Waals surface area contributed by atoms with E-state index in [2.05, 4.69) is 5.32 Å². The lowest BCUT2D eigenvalue weighted by Crippen LogP contribution is -2.24. The van der Waals surface area contributed by atoms with Crippen molar-refractivity contribution in [1.82, 2.24) is 5.32 Å². The van der Waals surface area contributed by atoms with Crippen LogP contribution < -0.4 is 5.32 Å². The summed E-state index contributed by atoms with van der Waals surface area (Å²) in [6.07, 6.45) is 4.13. The molecule has 1 aliphatic heterocycles. The van der Waals surface area contributed by atoms with Crippen molar-refractivity contribution in [3.8, 4) is 0 Å². The van der Waals surface area contributed by atoms with Crippen LogP contribution in [0.2, 0.25) is 0 Å². The fourth-order valence-electron chi connectivity index (χ4n) is 3.99. The third-order valence-electron chi connectivity index (χ3n) is 5.67. The fourth-order valence-corrected chi connectivity index (χ4v) is 3.99. The van der Waals surface area contributed by atoms with Gasteiger partial charge in [-0.1, -0.05) is 66.7 Å². The molecule has 31 heavy (non-hydrogen) atoms. The standard InChI is InChI=1S/C26H25NO4/c28-23-15-19(14-22(25(23)29)13-18-7-3-1-4-8-18)16-24(20-9-5-2-6-10-20)31-26(30)21-11-12-27-17-21/h1-10,14-15,21,24,27H,11-13,16-17H2.